The van der Waals surface area contributed by atoms with E-state index in [1.807, 2.05) is 18.2 Å². The van der Waals surface area contributed by atoms with E-state index in [1.54, 1.807) is 13.2 Å². The van der Waals surface area contributed by atoms with Crippen LogP contribution in [0.1, 0.15) is 38.3 Å². The third-order valence-electron chi connectivity index (χ3n) is 2.98. The van der Waals surface area contributed by atoms with Crippen LogP contribution in [0, 0.1) is 5.41 Å². The normalized spacial score (nSPS) is 11.8. The summed E-state index contributed by atoms with van der Waals surface area (Å²) in [5.74, 6) is -0.216. The molecule has 0 radical (unpaired) electrons. The lowest BCUT2D eigenvalue weighted by Crippen LogP contribution is -2.09. The highest BCUT2D eigenvalue weighted by molar-refractivity contribution is 5.85. The van der Waals surface area contributed by atoms with Gasteiger partial charge >= 0.3 is 5.97 Å². The van der Waals surface area contributed by atoms with Crippen molar-refractivity contribution in [1.82, 2.24) is 0 Å². The van der Waals surface area contributed by atoms with Gasteiger partial charge in [-0.25, -0.2) is 4.79 Å². The Hall–Kier alpha value is -1.81. The van der Waals surface area contributed by atoms with Gasteiger partial charge in [-0.3, -0.25) is 0 Å². The quantitative estimate of drug-likeness (QED) is 0.614. The van der Waals surface area contributed by atoms with E-state index in [2.05, 4.69) is 20.8 Å². The lowest BCUT2D eigenvalue weighted by Gasteiger charge is -2.18. The zero-order chi connectivity index (χ0) is 15.9. The van der Waals surface area contributed by atoms with Crippen LogP contribution in [-0.2, 0) is 16.1 Å². The van der Waals surface area contributed by atoms with Crippen LogP contribution in [0.25, 0.3) is 6.08 Å². The highest BCUT2D eigenvalue weighted by Crippen LogP contribution is 2.23. The maximum absolute atomic E-state index is 10.5. The number of carbonyl (C=O) groups is 1. The summed E-state index contributed by atoms with van der Waals surface area (Å²) in [7, 11) is 1.61. The van der Waals surface area contributed by atoms with E-state index in [-0.39, 0.29) is 5.41 Å². The molecule has 4 nitrogen and oxygen atoms in total. The molecule has 0 heterocycles. The Morgan fingerprint density at radius 1 is 1.33 bits per heavy atom. The van der Waals surface area contributed by atoms with Gasteiger partial charge in [-0.05, 0) is 35.6 Å². The van der Waals surface area contributed by atoms with Gasteiger partial charge in [0.25, 0.3) is 0 Å². The number of benzene rings is 1. The molecule has 0 amide bonds. The third-order valence-corrected chi connectivity index (χ3v) is 2.98. The van der Waals surface area contributed by atoms with Crippen LogP contribution < -0.4 is 4.74 Å². The molecule has 1 N–H and O–H groups in total. The average molecular weight is 292 g/mol. The van der Waals surface area contributed by atoms with E-state index in [0.717, 1.165) is 29.4 Å². The molecule has 1 aromatic rings. The van der Waals surface area contributed by atoms with Gasteiger partial charge in [0.05, 0.1) is 13.7 Å². The van der Waals surface area contributed by atoms with Crippen LogP contribution >= 0.6 is 0 Å². The fraction of sp³-hybridized carbons (Fsp3) is 0.471. The maximum Gasteiger partial charge on any atom is 0.328 e. The molecule has 0 aliphatic carbocycles. The summed E-state index contributed by atoms with van der Waals surface area (Å²) in [6.07, 6.45) is 3.65. The summed E-state index contributed by atoms with van der Waals surface area (Å²) in [6, 6.07) is 5.52. The second kappa shape index (κ2) is 7.84. The SMILES string of the molecule is COc1ccc(C=CC(=O)O)cc1COCCC(C)(C)C. The van der Waals surface area contributed by atoms with Crippen LogP contribution in [-0.4, -0.2) is 24.8 Å². The Morgan fingerprint density at radius 2 is 2.05 bits per heavy atom. The van der Waals surface area contributed by atoms with Crippen molar-refractivity contribution >= 4 is 12.0 Å². The van der Waals surface area contributed by atoms with Crippen molar-refractivity contribution in [2.24, 2.45) is 5.41 Å². The molecular weight excluding hydrogens is 268 g/mol. The minimum Gasteiger partial charge on any atom is -0.496 e. The standard InChI is InChI=1S/C17H24O4/c1-17(2,3)9-10-21-12-14-11-13(6-8-16(18)19)5-7-15(14)20-4/h5-8,11H,9-10,12H2,1-4H3,(H,18,19). The largest absolute Gasteiger partial charge is 0.496 e. The highest BCUT2D eigenvalue weighted by Gasteiger charge is 2.10. The van der Waals surface area contributed by atoms with Crippen molar-refractivity contribution < 1.29 is 19.4 Å². The lowest BCUT2D eigenvalue weighted by atomic mass is 9.93. The number of hydrogen-bond donors (Lipinski definition) is 1. The molecule has 116 valence electrons. The number of aliphatic carboxylic acids is 1. The Labute approximate surface area is 126 Å². The van der Waals surface area contributed by atoms with Crippen molar-refractivity contribution in [3.8, 4) is 5.75 Å². The first-order chi connectivity index (χ1) is 9.81. The first-order valence-electron chi connectivity index (χ1n) is 6.97. The first-order valence-corrected chi connectivity index (χ1v) is 6.97. The monoisotopic (exact) mass is 292 g/mol. The predicted molar refractivity (Wildman–Crippen MR) is 83.4 cm³/mol. The van der Waals surface area contributed by atoms with Crippen LogP contribution in [0.5, 0.6) is 5.75 Å². The minimum absolute atomic E-state index is 0.246. The fourth-order valence-electron chi connectivity index (χ4n) is 1.74. The summed E-state index contributed by atoms with van der Waals surface area (Å²) in [5, 5.41) is 8.66. The molecule has 0 fully saturated rings. The first kappa shape index (κ1) is 17.2. The number of methoxy groups -OCH3 is 1. The maximum atomic E-state index is 10.5. The van der Waals surface area contributed by atoms with Gasteiger partial charge in [-0.2, -0.15) is 0 Å². The number of rotatable bonds is 7. The smallest absolute Gasteiger partial charge is 0.328 e. The van der Waals surface area contributed by atoms with Crippen molar-refractivity contribution in [1.29, 1.82) is 0 Å². The number of carboxylic acids is 1. The van der Waals surface area contributed by atoms with Crippen molar-refractivity contribution in [2.75, 3.05) is 13.7 Å². The zero-order valence-corrected chi connectivity index (χ0v) is 13.2. The molecule has 0 aliphatic heterocycles. The van der Waals surface area contributed by atoms with E-state index >= 15 is 0 Å². The number of ether oxygens (including phenoxy) is 2. The molecular formula is C17H24O4. The Balaban J connectivity index is 2.70. The second-order valence-electron chi connectivity index (χ2n) is 6.11. The number of hydrogen-bond acceptors (Lipinski definition) is 3. The minimum atomic E-state index is -0.964. The van der Waals surface area contributed by atoms with Crippen molar-refractivity contribution in [3.05, 3.63) is 35.4 Å². The molecule has 0 aromatic heterocycles. The molecule has 0 spiro atoms. The van der Waals surface area contributed by atoms with E-state index in [4.69, 9.17) is 14.6 Å². The molecule has 0 saturated heterocycles. The molecule has 1 aromatic carbocycles. The van der Waals surface area contributed by atoms with Gasteiger partial charge in [0.2, 0.25) is 0 Å². The van der Waals surface area contributed by atoms with Crippen LogP contribution in [0.2, 0.25) is 0 Å². The van der Waals surface area contributed by atoms with E-state index < -0.39 is 5.97 Å². The van der Waals surface area contributed by atoms with Gasteiger partial charge in [0.15, 0.2) is 0 Å². The van der Waals surface area contributed by atoms with Crippen LogP contribution in [0.4, 0.5) is 0 Å². The van der Waals surface area contributed by atoms with Gasteiger partial charge in [-0.15, -0.1) is 0 Å². The van der Waals surface area contributed by atoms with Crippen molar-refractivity contribution in [2.45, 2.75) is 33.8 Å². The summed E-state index contributed by atoms with van der Waals surface area (Å²) in [4.78, 5) is 10.5. The molecule has 0 atom stereocenters. The van der Waals surface area contributed by atoms with Gasteiger partial charge in [0.1, 0.15) is 5.75 Å². The van der Waals surface area contributed by atoms with E-state index in [9.17, 15) is 4.79 Å². The molecule has 1 rings (SSSR count). The summed E-state index contributed by atoms with van der Waals surface area (Å²) in [6.45, 7) is 7.66. The van der Waals surface area contributed by atoms with E-state index in [1.165, 1.54) is 0 Å². The van der Waals surface area contributed by atoms with Gasteiger partial charge in [-0.1, -0.05) is 26.8 Å². The lowest BCUT2D eigenvalue weighted by molar-refractivity contribution is -0.131. The molecule has 21 heavy (non-hydrogen) atoms. The molecule has 0 bridgehead atoms. The Morgan fingerprint density at radius 3 is 2.62 bits per heavy atom. The van der Waals surface area contributed by atoms with Gasteiger partial charge in [0, 0.05) is 18.2 Å². The Bertz CT molecular complexity index is 498. The predicted octanol–water partition coefficient (Wildman–Crippen LogP) is 3.75. The topological polar surface area (TPSA) is 55.8 Å². The molecule has 0 unspecified atom stereocenters. The molecule has 0 aliphatic rings. The summed E-state index contributed by atoms with van der Waals surface area (Å²) in [5.41, 5.74) is 1.97. The second-order valence-corrected chi connectivity index (χ2v) is 6.11. The summed E-state index contributed by atoms with van der Waals surface area (Å²) < 4.78 is 11.0. The zero-order valence-electron chi connectivity index (χ0n) is 13.2. The number of carboxylic acid groups (broad SMARTS) is 1. The van der Waals surface area contributed by atoms with Gasteiger partial charge < -0.3 is 14.6 Å². The Kier molecular flexibility index (Phi) is 6.43. The van der Waals surface area contributed by atoms with Crippen molar-refractivity contribution in [3.63, 3.8) is 0 Å². The highest BCUT2D eigenvalue weighted by atomic mass is 16.5. The third kappa shape index (κ3) is 6.95. The summed E-state index contributed by atoms with van der Waals surface area (Å²) >= 11 is 0. The van der Waals surface area contributed by atoms with Crippen LogP contribution in [0.3, 0.4) is 0 Å². The molecule has 0 saturated carbocycles. The van der Waals surface area contributed by atoms with Crippen LogP contribution in [0.15, 0.2) is 24.3 Å². The average Bonchev–Trinajstić information content (AvgIpc) is 2.40. The van der Waals surface area contributed by atoms with E-state index in [0.29, 0.717) is 13.2 Å². The molecule has 4 heteroatoms. The fourth-order valence-corrected chi connectivity index (χ4v) is 1.74.